The van der Waals surface area contributed by atoms with Crippen LogP contribution in [-0.4, -0.2) is 25.0 Å². The number of hydrogen-bond acceptors (Lipinski definition) is 4. The van der Waals surface area contributed by atoms with E-state index in [2.05, 4.69) is 20.9 Å². The number of hydrogen-bond donors (Lipinski definition) is 0. The zero-order valence-electron chi connectivity index (χ0n) is 11.2. The minimum atomic E-state index is -0.0888. The van der Waals surface area contributed by atoms with Crippen molar-refractivity contribution in [3.63, 3.8) is 0 Å². The molecule has 4 nitrogen and oxygen atoms in total. The number of carbonyl (C=O) groups is 1. The predicted molar refractivity (Wildman–Crippen MR) is 79.5 cm³/mol. The molecule has 0 aliphatic heterocycles. The van der Waals surface area contributed by atoms with Gasteiger partial charge in [0.2, 0.25) is 0 Å². The van der Waals surface area contributed by atoms with Gasteiger partial charge in [-0.3, -0.25) is 9.78 Å². The van der Waals surface area contributed by atoms with E-state index in [4.69, 9.17) is 9.47 Å². The van der Waals surface area contributed by atoms with Crippen molar-refractivity contribution in [1.29, 1.82) is 0 Å². The number of methoxy groups -OCH3 is 2. The summed E-state index contributed by atoms with van der Waals surface area (Å²) < 4.78 is 11.4. The number of halogens is 1. The monoisotopic (exact) mass is 335 g/mol. The summed E-state index contributed by atoms with van der Waals surface area (Å²) in [6, 6.07) is 8.93. The first-order valence-corrected chi connectivity index (χ1v) is 6.79. The molecule has 0 saturated carbocycles. The van der Waals surface area contributed by atoms with Crippen LogP contribution in [0.3, 0.4) is 0 Å². The average molecular weight is 336 g/mol. The van der Waals surface area contributed by atoms with Gasteiger partial charge in [-0.05, 0) is 40.2 Å². The summed E-state index contributed by atoms with van der Waals surface area (Å²) >= 11 is 3.31. The summed E-state index contributed by atoms with van der Waals surface area (Å²) in [4.78, 5) is 16.7. The fourth-order valence-electron chi connectivity index (χ4n) is 1.89. The highest BCUT2D eigenvalue weighted by molar-refractivity contribution is 9.10. The molecule has 0 fully saturated rings. The van der Waals surface area contributed by atoms with Crippen LogP contribution >= 0.6 is 15.9 Å². The molecule has 0 spiro atoms. The standard InChI is InChI=1S/C15H14BrNO3/c1-19-13-4-3-5-14(20-2)15(13)12(18)8-11-7-6-10(16)9-17-11/h3-7,9H,8H2,1-2H3. The van der Waals surface area contributed by atoms with E-state index in [0.717, 1.165) is 4.47 Å². The van der Waals surface area contributed by atoms with E-state index in [1.807, 2.05) is 12.1 Å². The van der Waals surface area contributed by atoms with Crippen LogP contribution in [0, 0.1) is 0 Å². The van der Waals surface area contributed by atoms with Crippen LogP contribution < -0.4 is 9.47 Å². The van der Waals surface area contributed by atoms with E-state index in [1.165, 1.54) is 14.2 Å². The number of ketones is 1. The van der Waals surface area contributed by atoms with E-state index >= 15 is 0 Å². The van der Waals surface area contributed by atoms with E-state index < -0.39 is 0 Å². The van der Waals surface area contributed by atoms with Gasteiger partial charge in [-0.1, -0.05) is 6.07 Å². The van der Waals surface area contributed by atoms with Crippen LogP contribution in [0.1, 0.15) is 16.1 Å². The molecule has 0 N–H and O–H groups in total. The largest absolute Gasteiger partial charge is 0.496 e. The number of benzene rings is 1. The van der Waals surface area contributed by atoms with Crippen LogP contribution in [-0.2, 0) is 6.42 Å². The number of nitrogens with zero attached hydrogens (tertiary/aromatic N) is 1. The number of pyridine rings is 1. The highest BCUT2D eigenvalue weighted by atomic mass is 79.9. The Bertz CT molecular complexity index is 589. The molecule has 1 heterocycles. The first-order chi connectivity index (χ1) is 9.65. The number of Topliss-reactive ketones (excluding diaryl/α,β-unsaturated/α-hetero) is 1. The summed E-state index contributed by atoms with van der Waals surface area (Å²) in [6.45, 7) is 0. The first kappa shape index (κ1) is 14.5. The lowest BCUT2D eigenvalue weighted by Gasteiger charge is -2.11. The zero-order valence-corrected chi connectivity index (χ0v) is 12.8. The second kappa shape index (κ2) is 6.52. The average Bonchev–Trinajstić information content (AvgIpc) is 2.48. The van der Waals surface area contributed by atoms with Crippen molar-refractivity contribution in [2.24, 2.45) is 0 Å². The summed E-state index contributed by atoms with van der Waals surface area (Å²) in [5, 5.41) is 0. The Kier molecular flexibility index (Phi) is 4.74. The van der Waals surface area contributed by atoms with Crippen molar-refractivity contribution >= 4 is 21.7 Å². The Labute approximate surface area is 125 Å². The second-order valence-electron chi connectivity index (χ2n) is 4.11. The van der Waals surface area contributed by atoms with Gasteiger partial charge in [-0.25, -0.2) is 0 Å². The van der Waals surface area contributed by atoms with E-state index in [9.17, 15) is 4.79 Å². The lowest BCUT2D eigenvalue weighted by molar-refractivity contribution is 0.0986. The normalized spacial score (nSPS) is 10.2. The topological polar surface area (TPSA) is 48.4 Å². The van der Waals surface area contributed by atoms with E-state index in [0.29, 0.717) is 22.8 Å². The molecule has 1 aromatic heterocycles. The molecule has 0 atom stereocenters. The maximum atomic E-state index is 12.4. The molecule has 1 aromatic carbocycles. The van der Waals surface area contributed by atoms with Gasteiger partial charge >= 0.3 is 0 Å². The quantitative estimate of drug-likeness (QED) is 0.786. The lowest BCUT2D eigenvalue weighted by Crippen LogP contribution is -2.09. The number of rotatable bonds is 5. The highest BCUT2D eigenvalue weighted by Crippen LogP contribution is 2.29. The van der Waals surface area contributed by atoms with Gasteiger partial charge in [0.1, 0.15) is 17.1 Å². The zero-order chi connectivity index (χ0) is 14.5. The van der Waals surface area contributed by atoms with Gasteiger partial charge in [0.05, 0.1) is 20.6 Å². The van der Waals surface area contributed by atoms with Crippen molar-refractivity contribution < 1.29 is 14.3 Å². The molecule has 5 heteroatoms. The maximum absolute atomic E-state index is 12.4. The third kappa shape index (κ3) is 3.17. The molecule has 104 valence electrons. The van der Waals surface area contributed by atoms with Crippen molar-refractivity contribution in [1.82, 2.24) is 4.98 Å². The highest BCUT2D eigenvalue weighted by Gasteiger charge is 2.18. The Hall–Kier alpha value is -1.88. The van der Waals surface area contributed by atoms with Crippen molar-refractivity contribution in [2.75, 3.05) is 14.2 Å². The SMILES string of the molecule is COc1cccc(OC)c1C(=O)Cc1ccc(Br)cn1. The van der Waals surface area contributed by atoms with Crippen molar-refractivity contribution in [2.45, 2.75) is 6.42 Å². The van der Waals surface area contributed by atoms with Crippen LogP contribution in [0.15, 0.2) is 41.0 Å². The smallest absolute Gasteiger partial charge is 0.176 e. The van der Waals surface area contributed by atoms with Crippen LogP contribution in [0.2, 0.25) is 0 Å². The minimum absolute atomic E-state index is 0.0888. The Morgan fingerprint density at radius 3 is 2.30 bits per heavy atom. The fraction of sp³-hybridized carbons (Fsp3) is 0.200. The predicted octanol–water partition coefficient (Wildman–Crippen LogP) is 3.29. The molecule has 0 radical (unpaired) electrons. The molecule has 0 amide bonds. The van der Waals surface area contributed by atoms with E-state index in [1.54, 1.807) is 24.4 Å². The summed E-state index contributed by atoms with van der Waals surface area (Å²) in [6.07, 6.45) is 1.87. The molecule has 0 bridgehead atoms. The van der Waals surface area contributed by atoms with Crippen molar-refractivity contribution in [3.8, 4) is 11.5 Å². The van der Waals surface area contributed by atoms with Gasteiger partial charge in [-0.2, -0.15) is 0 Å². The fourth-order valence-corrected chi connectivity index (χ4v) is 2.12. The first-order valence-electron chi connectivity index (χ1n) is 6.00. The molecule has 2 aromatic rings. The molecule has 0 unspecified atom stereocenters. The number of ether oxygens (including phenoxy) is 2. The second-order valence-corrected chi connectivity index (χ2v) is 5.02. The summed E-state index contributed by atoms with van der Waals surface area (Å²) in [5.74, 6) is 0.923. The van der Waals surface area contributed by atoms with Gasteiger partial charge in [-0.15, -0.1) is 0 Å². The minimum Gasteiger partial charge on any atom is -0.496 e. The molecule has 2 rings (SSSR count). The third-order valence-corrected chi connectivity index (χ3v) is 3.31. The van der Waals surface area contributed by atoms with Crippen LogP contribution in [0.25, 0.3) is 0 Å². The molecule has 20 heavy (non-hydrogen) atoms. The molecule has 0 aliphatic rings. The Balaban J connectivity index is 2.31. The molecular formula is C15H14BrNO3. The summed E-state index contributed by atoms with van der Waals surface area (Å²) in [5.41, 5.74) is 1.15. The van der Waals surface area contributed by atoms with Gasteiger partial charge < -0.3 is 9.47 Å². The third-order valence-electron chi connectivity index (χ3n) is 2.84. The van der Waals surface area contributed by atoms with Crippen molar-refractivity contribution in [3.05, 3.63) is 52.3 Å². The van der Waals surface area contributed by atoms with Gasteiger partial charge in [0, 0.05) is 16.4 Å². The molecule has 0 aliphatic carbocycles. The maximum Gasteiger partial charge on any atom is 0.176 e. The number of carbonyl (C=O) groups excluding carboxylic acids is 1. The van der Waals surface area contributed by atoms with E-state index in [-0.39, 0.29) is 12.2 Å². The Morgan fingerprint density at radius 1 is 1.15 bits per heavy atom. The molecular weight excluding hydrogens is 322 g/mol. The molecule has 0 saturated heterocycles. The number of aromatic nitrogens is 1. The van der Waals surface area contributed by atoms with Crippen LogP contribution in [0.5, 0.6) is 11.5 Å². The van der Waals surface area contributed by atoms with Crippen LogP contribution in [0.4, 0.5) is 0 Å². The van der Waals surface area contributed by atoms with Gasteiger partial charge in [0.15, 0.2) is 5.78 Å². The summed E-state index contributed by atoms with van der Waals surface area (Å²) in [7, 11) is 3.06. The Morgan fingerprint density at radius 2 is 1.80 bits per heavy atom. The lowest BCUT2D eigenvalue weighted by atomic mass is 10.0. The van der Waals surface area contributed by atoms with Gasteiger partial charge in [0.25, 0.3) is 0 Å².